The zero-order valence-corrected chi connectivity index (χ0v) is 12.2. The molecule has 0 amide bonds. The van der Waals surface area contributed by atoms with Gasteiger partial charge in [-0.25, -0.2) is 4.39 Å². The molecule has 0 aromatic heterocycles. The van der Waals surface area contributed by atoms with Crippen LogP contribution in [0.3, 0.4) is 0 Å². The van der Waals surface area contributed by atoms with Gasteiger partial charge >= 0.3 is 0 Å². The zero-order chi connectivity index (χ0) is 13.5. The summed E-state index contributed by atoms with van der Waals surface area (Å²) < 4.78 is 18.8. The summed E-state index contributed by atoms with van der Waals surface area (Å²) in [7, 11) is 0. The molecule has 0 aliphatic rings. The van der Waals surface area contributed by atoms with E-state index in [1.54, 1.807) is 0 Å². The molecule has 1 unspecified atom stereocenters. The smallest absolute Gasteiger partial charge is 0.133 e. The molecule has 3 nitrogen and oxygen atoms in total. The van der Waals surface area contributed by atoms with Gasteiger partial charge in [-0.2, -0.15) is 0 Å². The van der Waals surface area contributed by atoms with Gasteiger partial charge in [0.2, 0.25) is 0 Å². The van der Waals surface area contributed by atoms with Crippen LogP contribution in [0.5, 0.6) is 5.75 Å². The fourth-order valence-electron chi connectivity index (χ4n) is 1.38. The molecule has 0 spiro atoms. The predicted molar refractivity (Wildman–Crippen MR) is 73.3 cm³/mol. The normalized spacial score (nSPS) is 12.8. The van der Waals surface area contributed by atoms with Crippen LogP contribution in [0.25, 0.3) is 0 Å². The van der Waals surface area contributed by atoms with Gasteiger partial charge in [0.15, 0.2) is 0 Å². The third-order valence-electron chi connectivity index (χ3n) is 2.26. The number of halogens is 2. The molecule has 0 heterocycles. The summed E-state index contributed by atoms with van der Waals surface area (Å²) in [6, 6.07) is 4.19. The molecule has 0 aliphatic heterocycles. The van der Waals surface area contributed by atoms with E-state index in [-0.39, 0.29) is 12.4 Å². The van der Waals surface area contributed by atoms with E-state index >= 15 is 0 Å². The summed E-state index contributed by atoms with van der Waals surface area (Å²) in [5.74, 6) is 0.747. The second-order valence-electron chi connectivity index (χ2n) is 4.59. The number of aliphatic hydroxyl groups is 1. The number of ether oxygens (including phenoxy) is 1. The summed E-state index contributed by atoms with van der Waals surface area (Å²) in [5.41, 5.74) is 0. The van der Waals surface area contributed by atoms with Gasteiger partial charge in [0.1, 0.15) is 24.3 Å². The van der Waals surface area contributed by atoms with Gasteiger partial charge in [-0.1, -0.05) is 13.8 Å². The summed E-state index contributed by atoms with van der Waals surface area (Å²) in [6.45, 7) is 5.72. The van der Waals surface area contributed by atoms with Crippen molar-refractivity contribution in [3.05, 3.63) is 28.5 Å². The molecule has 5 heteroatoms. The lowest BCUT2D eigenvalue weighted by molar-refractivity contribution is 0.105. The average Bonchev–Trinajstić information content (AvgIpc) is 2.27. The second kappa shape index (κ2) is 7.71. The average molecular weight is 320 g/mol. The minimum absolute atomic E-state index is 0.176. The topological polar surface area (TPSA) is 41.5 Å². The van der Waals surface area contributed by atoms with Crippen molar-refractivity contribution in [3.63, 3.8) is 0 Å². The van der Waals surface area contributed by atoms with Crippen LogP contribution in [0.1, 0.15) is 13.8 Å². The SMILES string of the molecule is CC(C)CNCC(O)COc1ccc(F)cc1Br. The monoisotopic (exact) mass is 319 g/mol. The first-order valence-electron chi connectivity index (χ1n) is 5.95. The molecule has 18 heavy (non-hydrogen) atoms. The molecule has 0 radical (unpaired) electrons. The number of hydrogen-bond donors (Lipinski definition) is 2. The van der Waals surface area contributed by atoms with Crippen molar-refractivity contribution in [1.29, 1.82) is 0 Å². The van der Waals surface area contributed by atoms with E-state index in [2.05, 4.69) is 35.1 Å². The lowest BCUT2D eigenvalue weighted by atomic mass is 10.2. The van der Waals surface area contributed by atoms with Gasteiger partial charge in [0.05, 0.1) is 4.47 Å². The van der Waals surface area contributed by atoms with E-state index < -0.39 is 6.10 Å². The predicted octanol–water partition coefficient (Wildman–Crippen LogP) is 2.57. The first kappa shape index (κ1) is 15.4. The Hall–Kier alpha value is -0.650. The Morgan fingerprint density at radius 1 is 1.39 bits per heavy atom. The molecule has 0 fully saturated rings. The van der Waals surface area contributed by atoms with Gasteiger partial charge in [-0.3, -0.25) is 0 Å². The van der Waals surface area contributed by atoms with Gasteiger partial charge in [0, 0.05) is 6.54 Å². The lowest BCUT2D eigenvalue weighted by Gasteiger charge is -2.15. The van der Waals surface area contributed by atoms with E-state index in [1.165, 1.54) is 18.2 Å². The summed E-state index contributed by atoms with van der Waals surface area (Å²) >= 11 is 3.21. The van der Waals surface area contributed by atoms with Gasteiger partial charge in [0.25, 0.3) is 0 Å². The summed E-state index contributed by atoms with van der Waals surface area (Å²) in [5, 5.41) is 12.8. The number of aliphatic hydroxyl groups excluding tert-OH is 1. The Morgan fingerprint density at radius 3 is 2.72 bits per heavy atom. The largest absolute Gasteiger partial charge is 0.490 e. The first-order valence-corrected chi connectivity index (χ1v) is 6.75. The number of rotatable bonds is 7. The van der Waals surface area contributed by atoms with Crippen molar-refractivity contribution in [3.8, 4) is 5.75 Å². The highest BCUT2D eigenvalue weighted by molar-refractivity contribution is 9.10. The highest BCUT2D eigenvalue weighted by Gasteiger charge is 2.08. The van der Waals surface area contributed by atoms with Crippen molar-refractivity contribution in [2.75, 3.05) is 19.7 Å². The third kappa shape index (κ3) is 5.80. The lowest BCUT2D eigenvalue weighted by Crippen LogP contribution is -2.33. The second-order valence-corrected chi connectivity index (χ2v) is 5.45. The van der Waals surface area contributed by atoms with Crippen LogP contribution >= 0.6 is 15.9 Å². The van der Waals surface area contributed by atoms with Crippen LogP contribution in [0.2, 0.25) is 0 Å². The number of hydrogen-bond acceptors (Lipinski definition) is 3. The Morgan fingerprint density at radius 2 is 2.11 bits per heavy atom. The summed E-state index contributed by atoms with van der Waals surface area (Å²) in [6.07, 6.45) is -0.583. The minimum atomic E-state index is -0.583. The van der Waals surface area contributed by atoms with Crippen molar-refractivity contribution < 1.29 is 14.2 Å². The van der Waals surface area contributed by atoms with Crippen LogP contribution in [-0.4, -0.2) is 30.9 Å². The van der Waals surface area contributed by atoms with E-state index in [4.69, 9.17) is 4.74 Å². The maximum atomic E-state index is 12.8. The quantitative estimate of drug-likeness (QED) is 0.811. The standard InChI is InChI=1S/C13H19BrFNO2/c1-9(2)6-16-7-11(17)8-18-13-4-3-10(15)5-12(13)14/h3-5,9,11,16-17H,6-8H2,1-2H3. The van der Waals surface area contributed by atoms with Crippen LogP contribution < -0.4 is 10.1 Å². The first-order chi connectivity index (χ1) is 8.49. The molecule has 0 aliphatic carbocycles. The van der Waals surface area contributed by atoms with Crippen LogP contribution in [0.4, 0.5) is 4.39 Å². The summed E-state index contributed by atoms with van der Waals surface area (Å²) in [4.78, 5) is 0. The Kier molecular flexibility index (Phi) is 6.60. The van der Waals surface area contributed by atoms with E-state index in [0.717, 1.165) is 6.54 Å². The molecule has 2 N–H and O–H groups in total. The molecule has 0 saturated heterocycles. The number of nitrogens with one attached hydrogen (secondary N) is 1. The zero-order valence-electron chi connectivity index (χ0n) is 10.6. The highest BCUT2D eigenvalue weighted by atomic mass is 79.9. The highest BCUT2D eigenvalue weighted by Crippen LogP contribution is 2.25. The van der Waals surface area contributed by atoms with Gasteiger partial charge < -0.3 is 15.2 Å². The van der Waals surface area contributed by atoms with Gasteiger partial charge in [-0.05, 0) is 46.6 Å². The van der Waals surface area contributed by atoms with E-state index in [9.17, 15) is 9.50 Å². The Labute approximate surface area is 115 Å². The Bertz CT molecular complexity index is 374. The molecule has 1 atom stereocenters. The molecular weight excluding hydrogens is 301 g/mol. The molecule has 102 valence electrons. The van der Waals surface area contributed by atoms with E-state index in [1.807, 2.05) is 0 Å². The fraction of sp³-hybridized carbons (Fsp3) is 0.538. The van der Waals surface area contributed by atoms with Crippen molar-refractivity contribution >= 4 is 15.9 Å². The third-order valence-corrected chi connectivity index (χ3v) is 2.88. The maximum absolute atomic E-state index is 12.8. The molecular formula is C13H19BrFNO2. The van der Waals surface area contributed by atoms with Crippen molar-refractivity contribution in [2.45, 2.75) is 20.0 Å². The molecule has 0 bridgehead atoms. The fourth-order valence-corrected chi connectivity index (χ4v) is 1.84. The maximum Gasteiger partial charge on any atom is 0.133 e. The molecule has 1 aromatic carbocycles. The van der Waals surface area contributed by atoms with Crippen molar-refractivity contribution in [2.24, 2.45) is 5.92 Å². The Balaban J connectivity index is 2.31. The van der Waals surface area contributed by atoms with Gasteiger partial charge in [-0.15, -0.1) is 0 Å². The van der Waals surface area contributed by atoms with Crippen LogP contribution in [0.15, 0.2) is 22.7 Å². The van der Waals surface area contributed by atoms with Crippen LogP contribution in [-0.2, 0) is 0 Å². The van der Waals surface area contributed by atoms with Crippen molar-refractivity contribution in [1.82, 2.24) is 5.32 Å². The molecule has 1 rings (SSSR count). The molecule has 1 aromatic rings. The minimum Gasteiger partial charge on any atom is -0.490 e. The van der Waals surface area contributed by atoms with Crippen LogP contribution in [0, 0.1) is 11.7 Å². The number of benzene rings is 1. The molecule has 0 saturated carbocycles. The van der Waals surface area contributed by atoms with E-state index in [0.29, 0.717) is 22.7 Å².